The Kier molecular flexibility index (Phi) is 5.67. The number of nitrogens with one attached hydrogen (secondary N) is 1. The second-order valence-electron chi connectivity index (χ2n) is 3.81. The Morgan fingerprint density at radius 1 is 1.63 bits per heavy atom. The van der Waals surface area contributed by atoms with Crippen LogP contribution >= 0.6 is 22.9 Å². The van der Waals surface area contributed by atoms with Crippen LogP contribution in [0.5, 0.6) is 0 Å². The lowest BCUT2D eigenvalue weighted by atomic mass is 10.2. The molecule has 0 saturated heterocycles. The van der Waals surface area contributed by atoms with Gasteiger partial charge in [0.2, 0.25) is 0 Å². The number of rotatable bonds is 5. The van der Waals surface area contributed by atoms with E-state index in [1.807, 2.05) is 6.07 Å². The predicted molar refractivity (Wildman–Crippen MR) is 74.2 cm³/mol. The van der Waals surface area contributed by atoms with Gasteiger partial charge in [-0.1, -0.05) is 11.6 Å². The Morgan fingerprint density at radius 2 is 2.32 bits per heavy atom. The molecular weight excluding hydrogens is 288 g/mol. The van der Waals surface area contributed by atoms with E-state index in [0.29, 0.717) is 10.9 Å². The van der Waals surface area contributed by atoms with E-state index in [1.165, 1.54) is 16.2 Å². The summed E-state index contributed by atoms with van der Waals surface area (Å²) in [6.07, 6.45) is 5.00. The summed E-state index contributed by atoms with van der Waals surface area (Å²) in [6, 6.07) is 1.98. The standard InChI is InChI=1S/C12H13ClN2O3S/c1-3-4-9(11(16)17)14-12(18)15(2)7-8-5-6-10(13)19-8/h1,5-6,9H,4,7H2,2H3,(H,14,18)(H,16,17). The molecule has 0 fully saturated rings. The van der Waals surface area contributed by atoms with Gasteiger partial charge in [0.15, 0.2) is 0 Å². The van der Waals surface area contributed by atoms with Crippen molar-refractivity contribution >= 4 is 34.9 Å². The van der Waals surface area contributed by atoms with Gasteiger partial charge in [-0.2, -0.15) is 0 Å². The quantitative estimate of drug-likeness (QED) is 0.817. The maximum Gasteiger partial charge on any atom is 0.327 e. The number of carbonyl (C=O) groups excluding carboxylic acids is 1. The molecule has 0 radical (unpaired) electrons. The lowest BCUT2D eigenvalue weighted by Gasteiger charge is -2.19. The second kappa shape index (κ2) is 7.02. The molecule has 7 heteroatoms. The van der Waals surface area contributed by atoms with Crippen LogP contribution in [0.1, 0.15) is 11.3 Å². The Balaban J connectivity index is 2.57. The van der Waals surface area contributed by atoms with Crippen LogP contribution in [0.4, 0.5) is 4.79 Å². The smallest absolute Gasteiger partial charge is 0.327 e. The number of aliphatic carboxylic acids is 1. The summed E-state index contributed by atoms with van der Waals surface area (Å²) >= 11 is 7.15. The summed E-state index contributed by atoms with van der Waals surface area (Å²) in [4.78, 5) is 24.9. The molecule has 0 aliphatic carbocycles. The van der Waals surface area contributed by atoms with Gasteiger partial charge in [-0.25, -0.2) is 9.59 Å². The first-order valence-electron chi connectivity index (χ1n) is 5.36. The van der Waals surface area contributed by atoms with E-state index >= 15 is 0 Å². The molecular formula is C12H13ClN2O3S. The highest BCUT2D eigenvalue weighted by Crippen LogP contribution is 2.22. The highest BCUT2D eigenvalue weighted by Gasteiger charge is 2.20. The number of thiophene rings is 1. The third-order valence-corrected chi connectivity index (χ3v) is 3.50. The van der Waals surface area contributed by atoms with E-state index in [1.54, 1.807) is 13.1 Å². The second-order valence-corrected chi connectivity index (χ2v) is 5.61. The van der Waals surface area contributed by atoms with Gasteiger partial charge < -0.3 is 15.3 Å². The summed E-state index contributed by atoms with van der Waals surface area (Å²) in [7, 11) is 1.57. The zero-order valence-corrected chi connectivity index (χ0v) is 11.8. The van der Waals surface area contributed by atoms with E-state index in [-0.39, 0.29) is 6.42 Å². The number of amides is 2. The van der Waals surface area contributed by atoms with Gasteiger partial charge >= 0.3 is 12.0 Å². The molecule has 1 aromatic rings. The highest BCUT2D eigenvalue weighted by atomic mass is 35.5. The summed E-state index contributed by atoms with van der Waals surface area (Å²) in [5.74, 6) is 1.06. The van der Waals surface area contributed by atoms with Crippen LogP contribution in [0.15, 0.2) is 12.1 Å². The summed E-state index contributed by atoms with van der Waals surface area (Å²) < 4.78 is 0.638. The zero-order chi connectivity index (χ0) is 14.4. The molecule has 0 spiro atoms. The van der Waals surface area contributed by atoms with Crippen molar-refractivity contribution in [1.29, 1.82) is 0 Å². The van der Waals surface area contributed by atoms with E-state index in [9.17, 15) is 9.59 Å². The fraction of sp³-hybridized carbons (Fsp3) is 0.333. The summed E-state index contributed by atoms with van der Waals surface area (Å²) in [5, 5.41) is 11.2. The SMILES string of the molecule is C#CCC(NC(=O)N(C)Cc1ccc(Cl)s1)C(=O)O. The molecule has 1 unspecified atom stereocenters. The Labute approximate surface area is 120 Å². The number of halogens is 1. The van der Waals surface area contributed by atoms with Crippen molar-refractivity contribution in [3.63, 3.8) is 0 Å². The number of terminal acetylenes is 1. The average molecular weight is 301 g/mol. The van der Waals surface area contributed by atoms with E-state index in [0.717, 1.165) is 4.88 Å². The zero-order valence-electron chi connectivity index (χ0n) is 10.2. The van der Waals surface area contributed by atoms with Crippen LogP contribution in [-0.2, 0) is 11.3 Å². The van der Waals surface area contributed by atoms with Crippen LogP contribution in [0.3, 0.4) is 0 Å². The molecule has 2 amide bonds. The Bertz CT molecular complexity index is 509. The first-order chi connectivity index (χ1) is 8.93. The first kappa shape index (κ1) is 15.3. The van der Waals surface area contributed by atoms with Crippen LogP contribution in [0.25, 0.3) is 0 Å². The topological polar surface area (TPSA) is 69.6 Å². The number of carboxylic acids is 1. The van der Waals surface area contributed by atoms with Crippen molar-refractivity contribution in [2.75, 3.05) is 7.05 Å². The molecule has 0 aromatic carbocycles. The summed E-state index contributed by atoms with van der Waals surface area (Å²) in [5.41, 5.74) is 0. The van der Waals surface area contributed by atoms with Crippen molar-refractivity contribution in [3.8, 4) is 12.3 Å². The molecule has 2 N–H and O–H groups in total. The Hall–Kier alpha value is -1.71. The minimum atomic E-state index is -1.15. The number of carbonyl (C=O) groups is 2. The lowest BCUT2D eigenvalue weighted by molar-refractivity contribution is -0.139. The molecule has 0 saturated carbocycles. The van der Waals surface area contributed by atoms with Gasteiger partial charge in [0.25, 0.3) is 0 Å². The number of hydrogen-bond acceptors (Lipinski definition) is 3. The van der Waals surface area contributed by atoms with E-state index in [4.69, 9.17) is 23.1 Å². The molecule has 5 nitrogen and oxygen atoms in total. The van der Waals surface area contributed by atoms with Crippen molar-refractivity contribution in [2.24, 2.45) is 0 Å². The molecule has 1 heterocycles. The van der Waals surface area contributed by atoms with Crippen molar-refractivity contribution in [2.45, 2.75) is 19.0 Å². The number of hydrogen-bond donors (Lipinski definition) is 2. The van der Waals surface area contributed by atoms with Gasteiger partial charge in [-0.3, -0.25) is 0 Å². The highest BCUT2D eigenvalue weighted by molar-refractivity contribution is 7.16. The molecule has 0 aliphatic rings. The van der Waals surface area contributed by atoms with Crippen LogP contribution in [0.2, 0.25) is 4.34 Å². The monoisotopic (exact) mass is 300 g/mol. The summed E-state index contributed by atoms with van der Waals surface area (Å²) in [6.45, 7) is 0.353. The maximum atomic E-state index is 11.8. The fourth-order valence-electron chi connectivity index (χ4n) is 1.32. The molecule has 1 atom stereocenters. The third-order valence-electron chi connectivity index (χ3n) is 2.29. The first-order valence-corrected chi connectivity index (χ1v) is 6.55. The average Bonchev–Trinajstić information content (AvgIpc) is 2.73. The van der Waals surface area contributed by atoms with E-state index < -0.39 is 18.0 Å². The van der Waals surface area contributed by atoms with E-state index in [2.05, 4.69) is 11.2 Å². The van der Waals surface area contributed by atoms with Crippen LogP contribution in [-0.4, -0.2) is 35.1 Å². The molecule has 19 heavy (non-hydrogen) atoms. The minimum absolute atomic E-state index is 0.0558. The number of carboxylic acid groups (broad SMARTS) is 1. The van der Waals surface area contributed by atoms with Gasteiger partial charge in [0, 0.05) is 18.3 Å². The van der Waals surface area contributed by atoms with Gasteiger partial charge in [0.05, 0.1) is 10.9 Å². The minimum Gasteiger partial charge on any atom is -0.480 e. The number of nitrogens with zero attached hydrogens (tertiary/aromatic N) is 1. The van der Waals surface area contributed by atoms with Crippen LogP contribution < -0.4 is 5.32 Å². The van der Waals surface area contributed by atoms with Gasteiger partial charge in [0.1, 0.15) is 6.04 Å². The fourth-order valence-corrected chi connectivity index (χ4v) is 2.46. The van der Waals surface area contributed by atoms with Crippen molar-refractivity contribution < 1.29 is 14.7 Å². The molecule has 0 aliphatic heterocycles. The van der Waals surface area contributed by atoms with Gasteiger partial charge in [-0.05, 0) is 12.1 Å². The van der Waals surface area contributed by atoms with Crippen LogP contribution in [0, 0.1) is 12.3 Å². The maximum absolute atomic E-state index is 11.8. The Morgan fingerprint density at radius 3 is 2.79 bits per heavy atom. The molecule has 1 aromatic heterocycles. The molecule has 0 bridgehead atoms. The lowest BCUT2D eigenvalue weighted by Crippen LogP contribution is -2.46. The molecule has 102 valence electrons. The van der Waals surface area contributed by atoms with Crippen molar-refractivity contribution in [3.05, 3.63) is 21.3 Å². The largest absolute Gasteiger partial charge is 0.480 e. The molecule has 1 rings (SSSR count). The predicted octanol–water partition coefficient (Wildman–Crippen LogP) is 2.02. The number of urea groups is 1. The van der Waals surface area contributed by atoms with Gasteiger partial charge in [-0.15, -0.1) is 23.7 Å². The third kappa shape index (κ3) is 4.81. The normalized spacial score (nSPS) is 11.4. The van der Waals surface area contributed by atoms with Crippen molar-refractivity contribution in [1.82, 2.24) is 10.2 Å².